The fraction of sp³-hybridized carbons (Fsp3) is 0.769. The monoisotopic (exact) mass is 297 g/mol. The van der Waals surface area contributed by atoms with Crippen LogP contribution in [0, 0.1) is 5.92 Å². The van der Waals surface area contributed by atoms with E-state index in [-0.39, 0.29) is 17.4 Å². The summed E-state index contributed by atoms with van der Waals surface area (Å²) in [5.41, 5.74) is 0. The molecule has 1 aliphatic carbocycles. The van der Waals surface area contributed by atoms with E-state index in [2.05, 4.69) is 32.5 Å². The van der Waals surface area contributed by atoms with E-state index in [1.165, 1.54) is 12.8 Å². The Kier molecular flexibility index (Phi) is 4.21. The maximum absolute atomic E-state index is 5.95. The van der Waals surface area contributed by atoms with Gasteiger partial charge < -0.3 is 15.4 Å². The number of hydrogen-bond acceptors (Lipinski definition) is 6. The first kappa shape index (κ1) is 13.8. The molecule has 1 aliphatic heterocycles. The van der Waals surface area contributed by atoms with Gasteiger partial charge in [-0.25, -0.2) is 0 Å². The first-order valence-corrected chi connectivity index (χ1v) is 7.67. The first-order chi connectivity index (χ1) is 9.76. The van der Waals surface area contributed by atoms with Crippen LogP contribution < -0.4 is 10.6 Å². The van der Waals surface area contributed by atoms with Gasteiger partial charge in [-0.15, -0.1) is 0 Å². The van der Waals surface area contributed by atoms with Gasteiger partial charge >= 0.3 is 0 Å². The van der Waals surface area contributed by atoms with Crippen LogP contribution in [0.4, 0.5) is 11.9 Å². The summed E-state index contributed by atoms with van der Waals surface area (Å²) in [5, 5.41) is 6.70. The minimum absolute atomic E-state index is 0.211. The molecule has 2 N–H and O–H groups in total. The van der Waals surface area contributed by atoms with Crippen LogP contribution in [0.1, 0.15) is 32.6 Å². The molecule has 20 heavy (non-hydrogen) atoms. The quantitative estimate of drug-likeness (QED) is 0.839. The van der Waals surface area contributed by atoms with Gasteiger partial charge in [-0.1, -0.05) is 6.92 Å². The summed E-state index contributed by atoms with van der Waals surface area (Å²) in [5.74, 6) is 1.76. The lowest BCUT2D eigenvalue weighted by Gasteiger charge is -2.19. The van der Waals surface area contributed by atoms with Gasteiger partial charge in [-0.3, -0.25) is 0 Å². The zero-order chi connectivity index (χ0) is 13.9. The lowest BCUT2D eigenvalue weighted by molar-refractivity contribution is 0.0897. The van der Waals surface area contributed by atoms with Gasteiger partial charge in [-0.2, -0.15) is 15.0 Å². The molecular weight excluding hydrogens is 278 g/mol. The zero-order valence-corrected chi connectivity index (χ0v) is 12.4. The van der Waals surface area contributed by atoms with Crippen LogP contribution in [0.25, 0.3) is 0 Å². The van der Waals surface area contributed by atoms with Crippen molar-refractivity contribution in [2.24, 2.45) is 5.92 Å². The fourth-order valence-electron chi connectivity index (χ4n) is 2.55. The van der Waals surface area contributed by atoms with E-state index in [0.717, 1.165) is 26.0 Å². The molecule has 0 spiro atoms. The summed E-state index contributed by atoms with van der Waals surface area (Å²) in [6.07, 6.45) is 4.82. The van der Waals surface area contributed by atoms with Gasteiger partial charge in [0.05, 0.1) is 12.1 Å². The predicted octanol–water partition coefficient (Wildman–Crippen LogP) is 2.33. The molecule has 2 heterocycles. The van der Waals surface area contributed by atoms with Gasteiger partial charge in [0.2, 0.25) is 17.2 Å². The number of nitrogens with zero attached hydrogens (tertiary/aromatic N) is 3. The average molecular weight is 298 g/mol. The van der Waals surface area contributed by atoms with E-state index in [9.17, 15) is 0 Å². The lowest BCUT2D eigenvalue weighted by Crippen LogP contribution is -2.31. The molecule has 2 atom stereocenters. The van der Waals surface area contributed by atoms with Crippen molar-refractivity contribution in [3.05, 3.63) is 5.28 Å². The highest BCUT2D eigenvalue weighted by molar-refractivity contribution is 6.28. The Morgan fingerprint density at radius 2 is 2.00 bits per heavy atom. The minimum atomic E-state index is 0.211. The molecule has 0 bridgehead atoms. The third-order valence-corrected chi connectivity index (χ3v) is 3.85. The number of ether oxygens (including phenoxy) is 1. The summed E-state index contributed by atoms with van der Waals surface area (Å²) in [4.78, 5) is 12.6. The van der Waals surface area contributed by atoms with E-state index in [1.807, 2.05) is 0 Å². The molecule has 0 amide bonds. The van der Waals surface area contributed by atoms with E-state index in [0.29, 0.717) is 17.8 Å². The Labute approximate surface area is 123 Å². The standard InChI is InChI=1S/C13H20ClN5O/c1-2-6-15-12-17-11(14)18-13(19-12)16-9-5-7-20-10(9)8-3-4-8/h8-10H,2-7H2,1H3,(H2,15,16,17,18,19). The Hall–Kier alpha value is -1.14. The van der Waals surface area contributed by atoms with Crippen LogP contribution in [0.2, 0.25) is 5.28 Å². The Balaban J connectivity index is 1.68. The molecule has 110 valence electrons. The zero-order valence-electron chi connectivity index (χ0n) is 11.6. The second-order valence-electron chi connectivity index (χ2n) is 5.39. The van der Waals surface area contributed by atoms with Gasteiger partial charge in [-0.05, 0) is 43.2 Å². The van der Waals surface area contributed by atoms with Crippen molar-refractivity contribution in [3.8, 4) is 0 Å². The maximum atomic E-state index is 5.95. The normalized spacial score (nSPS) is 25.7. The molecule has 3 rings (SSSR count). The number of nitrogens with one attached hydrogen (secondary N) is 2. The minimum Gasteiger partial charge on any atom is -0.376 e. The van der Waals surface area contributed by atoms with Crippen molar-refractivity contribution >= 4 is 23.5 Å². The van der Waals surface area contributed by atoms with E-state index < -0.39 is 0 Å². The van der Waals surface area contributed by atoms with Gasteiger partial charge in [0, 0.05) is 13.2 Å². The molecule has 0 aromatic carbocycles. The molecule has 2 unspecified atom stereocenters. The average Bonchev–Trinajstić information content (AvgIpc) is 3.17. The van der Waals surface area contributed by atoms with Crippen LogP contribution in [-0.2, 0) is 4.74 Å². The molecule has 1 saturated carbocycles. The lowest BCUT2D eigenvalue weighted by atomic mass is 10.1. The van der Waals surface area contributed by atoms with Gasteiger partial charge in [0.1, 0.15) is 0 Å². The van der Waals surface area contributed by atoms with E-state index in [1.54, 1.807) is 0 Å². The molecule has 1 aromatic rings. The third-order valence-electron chi connectivity index (χ3n) is 3.68. The number of aromatic nitrogens is 3. The second-order valence-corrected chi connectivity index (χ2v) is 5.73. The Bertz CT molecular complexity index is 468. The number of anilines is 2. The molecule has 6 nitrogen and oxygen atoms in total. The summed E-state index contributed by atoms with van der Waals surface area (Å²) < 4.78 is 5.80. The number of hydrogen-bond donors (Lipinski definition) is 2. The van der Waals surface area contributed by atoms with Crippen LogP contribution in [0.3, 0.4) is 0 Å². The highest BCUT2D eigenvalue weighted by Gasteiger charge is 2.40. The fourth-order valence-corrected chi connectivity index (χ4v) is 2.71. The molecule has 1 saturated heterocycles. The highest BCUT2D eigenvalue weighted by atomic mass is 35.5. The highest BCUT2D eigenvalue weighted by Crippen LogP contribution is 2.39. The summed E-state index contributed by atoms with van der Waals surface area (Å²) in [6, 6.07) is 0.278. The van der Waals surface area contributed by atoms with Crippen molar-refractivity contribution in [1.29, 1.82) is 0 Å². The van der Waals surface area contributed by atoms with Crippen molar-refractivity contribution in [1.82, 2.24) is 15.0 Å². The molecule has 7 heteroatoms. The Morgan fingerprint density at radius 1 is 1.20 bits per heavy atom. The maximum Gasteiger partial charge on any atom is 0.229 e. The smallest absolute Gasteiger partial charge is 0.229 e. The molecule has 2 fully saturated rings. The Morgan fingerprint density at radius 3 is 2.75 bits per heavy atom. The van der Waals surface area contributed by atoms with Crippen LogP contribution in [-0.4, -0.2) is 40.2 Å². The van der Waals surface area contributed by atoms with Crippen LogP contribution >= 0.6 is 11.6 Å². The third kappa shape index (κ3) is 3.30. The number of halogens is 1. The van der Waals surface area contributed by atoms with Crippen molar-refractivity contribution in [3.63, 3.8) is 0 Å². The summed E-state index contributed by atoms with van der Waals surface area (Å²) >= 11 is 5.95. The SMILES string of the molecule is CCCNc1nc(Cl)nc(NC2CCOC2C2CC2)n1. The van der Waals surface area contributed by atoms with Crippen molar-refractivity contribution in [2.45, 2.75) is 44.8 Å². The predicted molar refractivity (Wildman–Crippen MR) is 78.1 cm³/mol. The topological polar surface area (TPSA) is 72.0 Å². The van der Waals surface area contributed by atoms with Crippen molar-refractivity contribution in [2.75, 3.05) is 23.8 Å². The number of rotatable bonds is 6. The molecule has 1 aromatic heterocycles. The van der Waals surface area contributed by atoms with Crippen LogP contribution in [0.15, 0.2) is 0 Å². The first-order valence-electron chi connectivity index (χ1n) is 7.30. The van der Waals surface area contributed by atoms with E-state index in [4.69, 9.17) is 16.3 Å². The second kappa shape index (κ2) is 6.10. The van der Waals surface area contributed by atoms with Crippen LogP contribution in [0.5, 0.6) is 0 Å². The molecule has 2 aliphatic rings. The molecule has 0 radical (unpaired) electrons. The largest absolute Gasteiger partial charge is 0.376 e. The summed E-state index contributed by atoms with van der Waals surface area (Å²) in [7, 11) is 0. The van der Waals surface area contributed by atoms with Gasteiger partial charge in [0.15, 0.2) is 0 Å². The summed E-state index contributed by atoms with van der Waals surface area (Å²) in [6.45, 7) is 3.71. The van der Waals surface area contributed by atoms with Gasteiger partial charge in [0.25, 0.3) is 0 Å². The molecular formula is C13H20ClN5O. The van der Waals surface area contributed by atoms with E-state index >= 15 is 0 Å². The van der Waals surface area contributed by atoms with Crippen molar-refractivity contribution < 1.29 is 4.74 Å².